The van der Waals surface area contributed by atoms with E-state index in [0.29, 0.717) is 12.8 Å². The lowest BCUT2D eigenvalue weighted by Gasteiger charge is -2.32. The van der Waals surface area contributed by atoms with Crippen LogP contribution >= 0.6 is 0 Å². The fourth-order valence-corrected chi connectivity index (χ4v) is 2.08. The van der Waals surface area contributed by atoms with Gasteiger partial charge in [-0.15, -0.1) is 0 Å². The molecular formula is C13H15F3N2O3. The highest BCUT2D eigenvalue weighted by atomic mass is 19.4. The lowest BCUT2D eigenvalue weighted by Crippen LogP contribution is -2.56. The first-order chi connectivity index (χ1) is 9.79. The number of carbonyl (C=O) groups is 1. The summed E-state index contributed by atoms with van der Waals surface area (Å²) in [5.41, 5.74) is -3.17. The highest BCUT2D eigenvalue weighted by Gasteiger charge is 2.63. The molecule has 2 heterocycles. The van der Waals surface area contributed by atoms with Crippen LogP contribution in [0.1, 0.15) is 43.2 Å². The van der Waals surface area contributed by atoms with Gasteiger partial charge in [-0.25, -0.2) is 0 Å². The first-order valence-corrected chi connectivity index (χ1v) is 6.53. The third-order valence-electron chi connectivity index (χ3n) is 3.24. The van der Waals surface area contributed by atoms with E-state index in [2.05, 4.69) is 5.10 Å². The molecule has 1 amide bonds. The molecule has 0 unspecified atom stereocenters. The largest absolute Gasteiger partial charge is 0.459 e. The number of hydrazone groups is 1. The Hall–Kier alpha value is -1.83. The number of amides is 1. The molecule has 1 aromatic heterocycles. The van der Waals surface area contributed by atoms with Crippen LogP contribution in [0.4, 0.5) is 13.2 Å². The van der Waals surface area contributed by atoms with Crippen molar-refractivity contribution in [3.8, 4) is 0 Å². The maximum Gasteiger partial charge on any atom is 0.438 e. The van der Waals surface area contributed by atoms with E-state index in [9.17, 15) is 23.1 Å². The summed E-state index contributed by atoms with van der Waals surface area (Å²) >= 11 is 0. The van der Waals surface area contributed by atoms with Crippen molar-refractivity contribution in [2.24, 2.45) is 5.10 Å². The normalized spacial score (nSPS) is 22.5. The van der Waals surface area contributed by atoms with Gasteiger partial charge in [-0.1, -0.05) is 13.3 Å². The Balaban J connectivity index is 2.32. The number of halogens is 3. The highest BCUT2D eigenvalue weighted by molar-refractivity contribution is 5.96. The molecule has 0 aromatic carbocycles. The molecule has 5 nitrogen and oxygen atoms in total. The summed E-state index contributed by atoms with van der Waals surface area (Å²) < 4.78 is 44.2. The molecule has 1 aliphatic rings. The van der Waals surface area contributed by atoms with Crippen LogP contribution in [-0.2, 0) is 0 Å². The number of unbranched alkanes of at least 4 members (excludes halogenated alkanes) is 1. The molecule has 0 spiro atoms. The van der Waals surface area contributed by atoms with Gasteiger partial charge in [-0.3, -0.25) is 4.79 Å². The van der Waals surface area contributed by atoms with Crippen molar-refractivity contribution in [2.75, 3.05) is 0 Å². The summed E-state index contributed by atoms with van der Waals surface area (Å²) in [7, 11) is 0. The maximum atomic E-state index is 13.1. The third kappa shape index (κ3) is 2.80. The van der Waals surface area contributed by atoms with E-state index in [-0.39, 0.29) is 16.5 Å². The Labute approximate surface area is 119 Å². The lowest BCUT2D eigenvalue weighted by atomic mass is 10.0. The van der Waals surface area contributed by atoms with Gasteiger partial charge in [-0.2, -0.15) is 23.3 Å². The van der Waals surface area contributed by atoms with E-state index in [1.165, 1.54) is 12.1 Å². The number of nitrogens with zero attached hydrogens (tertiary/aromatic N) is 2. The zero-order chi connectivity index (χ0) is 15.7. The second-order valence-electron chi connectivity index (χ2n) is 4.86. The number of hydrogen-bond donors (Lipinski definition) is 1. The second-order valence-corrected chi connectivity index (χ2v) is 4.86. The minimum Gasteiger partial charge on any atom is -0.459 e. The van der Waals surface area contributed by atoms with Crippen molar-refractivity contribution in [2.45, 2.75) is 44.5 Å². The van der Waals surface area contributed by atoms with Crippen molar-refractivity contribution >= 4 is 11.6 Å². The van der Waals surface area contributed by atoms with Gasteiger partial charge in [0, 0.05) is 12.1 Å². The Morgan fingerprint density at radius 2 is 2.29 bits per heavy atom. The molecule has 8 heteroatoms. The van der Waals surface area contributed by atoms with E-state index in [1.807, 2.05) is 6.92 Å². The summed E-state index contributed by atoms with van der Waals surface area (Å²) in [6.45, 7) is 1.89. The van der Waals surface area contributed by atoms with E-state index in [1.54, 1.807) is 0 Å². The van der Waals surface area contributed by atoms with E-state index in [4.69, 9.17) is 4.42 Å². The number of carbonyl (C=O) groups excluding carboxylic acids is 1. The smallest absolute Gasteiger partial charge is 0.438 e. The van der Waals surface area contributed by atoms with Crippen molar-refractivity contribution in [3.05, 3.63) is 24.2 Å². The number of aliphatic hydroxyl groups is 1. The molecule has 0 saturated carbocycles. The molecule has 0 saturated heterocycles. The van der Waals surface area contributed by atoms with Crippen LogP contribution < -0.4 is 0 Å². The Kier molecular flexibility index (Phi) is 4.08. The summed E-state index contributed by atoms with van der Waals surface area (Å²) in [6, 6.07) is 2.59. The summed E-state index contributed by atoms with van der Waals surface area (Å²) in [5, 5.41) is 13.7. The minimum absolute atomic E-state index is 0.0802. The van der Waals surface area contributed by atoms with Gasteiger partial charge < -0.3 is 9.52 Å². The van der Waals surface area contributed by atoms with Gasteiger partial charge in [0.1, 0.15) is 0 Å². The Bertz CT molecular complexity index is 539. The molecule has 1 aliphatic heterocycles. The molecule has 1 aromatic rings. The quantitative estimate of drug-likeness (QED) is 0.930. The van der Waals surface area contributed by atoms with Crippen molar-refractivity contribution in [1.29, 1.82) is 0 Å². The van der Waals surface area contributed by atoms with Crippen molar-refractivity contribution in [1.82, 2.24) is 5.01 Å². The molecule has 0 bridgehead atoms. The van der Waals surface area contributed by atoms with Gasteiger partial charge in [0.15, 0.2) is 5.76 Å². The lowest BCUT2D eigenvalue weighted by molar-refractivity contribution is -0.297. The second kappa shape index (κ2) is 5.51. The summed E-state index contributed by atoms with van der Waals surface area (Å²) in [6.07, 6.45) is -2.87. The van der Waals surface area contributed by atoms with Gasteiger partial charge in [0.25, 0.3) is 5.72 Å². The number of hydrogen-bond acceptors (Lipinski definition) is 4. The van der Waals surface area contributed by atoms with E-state index < -0.39 is 24.2 Å². The molecule has 0 radical (unpaired) electrons. The monoisotopic (exact) mass is 304 g/mol. The number of rotatable bonds is 4. The molecular weight excluding hydrogens is 289 g/mol. The van der Waals surface area contributed by atoms with Crippen molar-refractivity contribution < 1.29 is 27.5 Å². The van der Waals surface area contributed by atoms with Crippen LogP contribution in [0.15, 0.2) is 27.9 Å². The van der Waals surface area contributed by atoms with E-state index >= 15 is 0 Å². The molecule has 1 atom stereocenters. The number of furan rings is 1. The average molecular weight is 304 g/mol. The van der Waals surface area contributed by atoms with Crippen LogP contribution in [0.5, 0.6) is 0 Å². The van der Waals surface area contributed by atoms with Gasteiger partial charge >= 0.3 is 12.1 Å². The zero-order valence-electron chi connectivity index (χ0n) is 11.4. The topological polar surface area (TPSA) is 66.0 Å². The molecule has 116 valence electrons. The van der Waals surface area contributed by atoms with Crippen LogP contribution in [0, 0.1) is 0 Å². The highest BCUT2D eigenvalue weighted by Crippen LogP contribution is 2.41. The molecule has 21 heavy (non-hydrogen) atoms. The maximum absolute atomic E-state index is 13.1. The molecule has 0 fully saturated rings. The molecule has 2 rings (SSSR count). The van der Waals surface area contributed by atoms with Crippen molar-refractivity contribution in [3.63, 3.8) is 0 Å². The van der Waals surface area contributed by atoms with Gasteiger partial charge in [-0.05, 0) is 25.0 Å². The predicted molar refractivity (Wildman–Crippen MR) is 67.5 cm³/mol. The van der Waals surface area contributed by atoms with Crippen LogP contribution in [0.25, 0.3) is 0 Å². The molecule has 0 aliphatic carbocycles. The van der Waals surface area contributed by atoms with Crippen LogP contribution in [0.3, 0.4) is 0 Å². The number of alkyl halides is 3. The molecule has 1 N–H and O–H groups in total. The van der Waals surface area contributed by atoms with Gasteiger partial charge in [0.2, 0.25) is 0 Å². The zero-order valence-corrected chi connectivity index (χ0v) is 11.4. The first-order valence-electron chi connectivity index (χ1n) is 6.53. The van der Waals surface area contributed by atoms with E-state index in [0.717, 1.165) is 12.7 Å². The first kappa shape index (κ1) is 15.6. The Morgan fingerprint density at radius 1 is 1.57 bits per heavy atom. The summed E-state index contributed by atoms with van der Waals surface area (Å²) in [5.74, 6) is -1.43. The summed E-state index contributed by atoms with van der Waals surface area (Å²) in [4.78, 5) is 12.1. The van der Waals surface area contributed by atoms with Crippen LogP contribution in [-0.4, -0.2) is 33.6 Å². The predicted octanol–water partition coefficient (Wildman–Crippen LogP) is 2.92. The third-order valence-corrected chi connectivity index (χ3v) is 3.24. The SMILES string of the molecule is CCCCC1=NN(C(=O)c2ccco2)[C@](O)(C(F)(F)F)C1. The average Bonchev–Trinajstić information content (AvgIpc) is 3.03. The fraction of sp³-hybridized carbons (Fsp3) is 0.538. The Morgan fingerprint density at radius 3 is 2.81 bits per heavy atom. The fourth-order valence-electron chi connectivity index (χ4n) is 2.08. The standard InChI is InChI=1S/C13H15F3N2O3/c1-2-3-5-9-8-12(20,13(14,15)16)18(17-9)11(19)10-6-4-7-21-10/h4,6-7,20H,2-3,5,8H2,1H3/t12-/m1/s1. The van der Waals surface area contributed by atoms with Crippen LogP contribution in [0.2, 0.25) is 0 Å². The minimum atomic E-state index is -5.01. The van der Waals surface area contributed by atoms with Gasteiger partial charge in [0.05, 0.1) is 6.26 Å².